The summed E-state index contributed by atoms with van der Waals surface area (Å²) >= 11 is 12.2. The molecular formula is C22H19Cl2NO. The predicted molar refractivity (Wildman–Crippen MR) is 110 cm³/mol. The summed E-state index contributed by atoms with van der Waals surface area (Å²) in [4.78, 5) is 4.49. The van der Waals surface area contributed by atoms with Gasteiger partial charge >= 0.3 is 0 Å². The van der Waals surface area contributed by atoms with Crippen LogP contribution in [0.5, 0.6) is 5.75 Å². The largest absolute Gasteiger partial charge is 0.487 e. The third-order valence-corrected chi connectivity index (χ3v) is 4.52. The molecule has 0 fully saturated rings. The molecule has 26 heavy (non-hydrogen) atoms. The molecule has 0 bridgehead atoms. The van der Waals surface area contributed by atoms with Crippen molar-refractivity contribution in [1.82, 2.24) is 0 Å². The van der Waals surface area contributed by atoms with Crippen molar-refractivity contribution >= 4 is 35.1 Å². The minimum atomic E-state index is 0.439. The van der Waals surface area contributed by atoms with Crippen LogP contribution in [0.3, 0.4) is 0 Å². The summed E-state index contributed by atoms with van der Waals surface area (Å²) in [6.07, 6.45) is 2.83. The SMILES string of the molecule is CCc1ccc(N=Cc2ccc(OCc3ccc(Cl)cc3)c(Cl)c2)cc1. The van der Waals surface area contributed by atoms with Gasteiger partial charge in [0.05, 0.1) is 10.7 Å². The van der Waals surface area contributed by atoms with Crippen LogP contribution in [-0.2, 0) is 13.0 Å². The number of hydrogen-bond donors (Lipinski definition) is 0. The number of halogens is 2. The molecule has 0 saturated carbocycles. The molecule has 0 N–H and O–H groups in total. The first-order chi connectivity index (χ1) is 12.6. The fourth-order valence-corrected chi connectivity index (χ4v) is 2.79. The minimum Gasteiger partial charge on any atom is -0.487 e. The summed E-state index contributed by atoms with van der Waals surface area (Å²) in [6, 6.07) is 21.4. The van der Waals surface area contributed by atoms with Crippen LogP contribution in [0, 0.1) is 0 Å². The number of hydrogen-bond acceptors (Lipinski definition) is 2. The van der Waals surface area contributed by atoms with Crippen LogP contribution in [0.1, 0.15) is 23.6 Å². The van der Waals surface area contributed by atoms with Gasteiger partial charge in [0.25, 0.3) is 0 Å². The van der Waals surface area contributed by atoms with Crippen LogP contribution in [-0.4, -0.2) is 6.21 Å². The fourth-order valence-electron chi connectivity index (χ4n) is 2.42. The summed E-state index contributed by atoms with van der Waals surface area (Å²) in [5, 5.41) is 1.27. The Morgan fingerprint density at radius 2 is 1.58 bits per heavy atom. The van der Waals surface area contributed by atoms with E-state index in [0.717, 1.165) is 23.2 Å². The van der Waals surface area contributed by atoms with Crippen molar-refractivity contribution in [2.45, 2.75) is 20.0 Å². The molecule has 0 unspecified atom stereocenters. The van der Waals surface area contributed by atoms with E-state index in [2.05, 4.69) is 24.0 Å². The second-order valence-electron chi connectivity index (χ2n) is 5.88. The summed E-state index contributed by atoms with van der Waals surface area (Å²) in [5.74, 6) is 0.645. The van der Waals surface area contributed by atoms with Gasteiger partial charge in [0.1, 0.15) is 12.4 Å². The Kier molecular flexibility index (Phi) is 6.32. The highest BCUT2D eigenvalue weighted by molar-refractivity contribution is 6.32. The summed E-state index contributed by atoms with van der Waals surface area (Å²) in [5.41, 5.74) is 4.18. The van der Waals surface area contributed by atoms with Crippen molar-refractivity contribution in [1.29, 1.82) is 0 Å². The van der Waals surface area contributed by atoms with Crippen LogP contribution < -0.4 is 4.74 Å². The molecule has 2 nitrogen and oxygen atoms in total. The van der Waals surface area contributed by atoms with Crippen LogP contribution in [0.2, 0.25) is 10.0 Å². The number of aryl methyl sites for hydroxylation is 1. The lowest BCUT2D eigenvalue weighted by molar-refractivity contribution is 0.306. The topological polar surface area (TPSA) is 21.6 Å². The van der Waals surface area contributed by atoms with E-state index >= 15 is 0 Å². The molecule has 0 aliphatic heterocycles. The first kappa shape index (κ1) is 18.5. The molecule has 0 heterocycles. The standard InChI is InChI=1S/C22H19Cl2NO/c1-2-16-5-10-20(11-6-16)25-14-18-7-12-22(21(24)13-18)26-15-17-3-8-19(23)9-4-17/h3-14H,2,15H2,1H3. The normalized spacial score (nSPS) is 11.0. The molecule has 3 aromatic rings. The second kappa shape index (κ2) is 8.88. The minimum absolute atomic E-state index is 0.439. The maximum atomic E-state index is 6.33. The number of ether oxygens (including phenoxy) is 1. The van der Waals surface area contributed by atoms with Gasteiger partial charge in [-0.2, -0.15) is 0 Å². The Morgan fingerprint density at radius 1 is 0.885 bits per heavy atom. The lowest BCUT2D eigenvalue weighted by Crippen LogP contribution is -1.96. The summed E-state index contributed by atoms with van der Waals surface area (Å²) < 4.78 is 5.79. The Morgan fingerprint density at radius 3 is 2.23 bits per heavy atom. The van der Waals surface area contributed by atoms with Crippen LogP contribution in [0.4, 0.5) is 5.69 Å². The van der Waals surface area contributed by atoms with Gasteiger partial charge < -0.3 is 4.74 Å². The highest BCUT2D eigenvalue weighted by atomic mass is 35.5. The first-order valence-electron chi connectivity index (χ1n) is 8.44. The summed E-state index contributed by atoms with van der Waals surface area (Å²) in [7, 11) is 0. The molecule has 0 spiro atoms. The van der Waals surface area contributed by atoms with Gasteiger partial charge in [-0.05, 0) is 65.6 Å². The van der Waals surface area contributed by atoms with Gasteiger partial charge in [0.2, 0.25) is 0 Å². The molecule has 0 amide bonds. The number of nitrogens with zero attached hydrogens (tertiary/aromatic N) is 1. The molecule has 0 aliphatic carbocycles. The molecule has 132 valence electrons. The highest BCUT2D eigenvalue weighted by Crippen LogP contribution is 2.26. The van der Waals surface area contributed by atoms with Crippen molar-refractivity contribution in [2.24, 2.45) is 4.99 Å². The molecule has 0 aliphatic rings. The molecular weight excluding hydrogens is 365 g/mol. The lowest BCUT2D eigenvalue weighted by atomic mass is 10.1. The van der Waals surface area contributed by atoms with E-state index in [0.29, 0.717) is 22.4 Å². The van der Waals surface area contributed by atoms with E-state index in [4.69, 9.17) is 27.9 Å². The lowest BCUT2D eigenvalue weighted by Gasteiger charge is -2.08. The number of benzene rings is 3. The number of aliphatic imine (C=N–C) groups is 1. The zero-order valence-electron chi connectivity index (χ0n) is 14.5. The second-order valence-corrected chi connectivity index (χ2v) is 6.73. The first-order valence-corrected chi connectivity index (χ1v) is 9.19. The van der Waals surface area contributed by atoms with E-state index < -0.39 is 0 Å². The summed E-state index contributed by atoms with van der Waals surface area (Å²) in [6.45, 7) is 2.57. The fraction of sp³-hybridized carbons (Fsp3) is 0.136. The smallest absolute Gasteiger partial charge is 0.138 e. The van der Waals surface area contributed by atoms with Gasteiger partial charge in [0, 0.05) is 11.2 Å². The monoisotopic (exact) mass is 383 g/mol. The Hall–Kier alpha value is -2.29. The van der Waals surface area contributed by atoms with Crippen LogP contribution in [0.25, 0.3) is 0 Å². The van der Waals surface area contributed by atoms with E-state index in [1.54, 1.807) is 6.21 Å². The van der Waals surface area contributed by atoms with E-state index in [1.807, 2.05) is 54.6 Å². The highest BCUT2D eigenvalue weighted by Gasteiger charge is 2.03. The van der Waals surface area contributed by atoms with Gasteiger partial charge in [0.15, 0.2) is 0 Å². The van der Waals surface area contributed by atoms with Crippen molar-refractivity contribution in [3.05, 3.63) is 93.5 Å². The van der Waals surface area contributed by atoms with Gasteiger partial charge in [-0.3, -0.25) is 4.99 Å². The zero-order valence-corrected chi connectivity index (χ0v) is 16.0. The van der Waals surface area contributed by atoms with Crippen molar-refractivity contribution in [3.8, 4) is 5.75 Å². The Bertz CT molecular complexity index is 887. The Labute approximate surface area is 164 Å². The third-order valence-electron chi connectivity index (χ3n) is 3.97. The van der Waals surface area contributed by atoms with E-state index in [-0.39, 0.29) is 0 Å². The van der Waals surface area contributed by atoms with Gasteiger partial charge in [-0.25, -0.2) is 0 Å². The van der Waals surface area contributed by atoms with Crippen molar-refractivity contribution in [2.75, 3.05) is 0 Å². The predicted octanol–water partition coefficient (Wildman–Crippen LogP) is 6.89. The maximum Gasteiger partial charge on any atom is 0.138 e. The van der Waals surface area contributed by atoms with Crippen LogP contribution >= 0.6 is 23.2 Å². The Balaban J connectivity index is 1.64. The average molecular weight is 384 g/mol. The molecule has 4 heteroatoms. The molecule has 3 aromatic carbocycles. The van der Waals surface area contributed by atoms with E-state index in [1.165, 1.54) is 5.56 Å². The average Bonchev–Trinajstić information content (AvgIpc) is 2.67. The van der Waals surface area contributed by atoms with Gasteiger partial charge in [-0.15, -0.1) is 0 Å². The van der Waals surface area contributed by atoms with Gasteiger partial charge in [-0.1, -0.05) is 54.4 Å². The van der Waals surface area contributed by atoms with Crippen molar-refractivity contribution < 1.29 is 4.74 Å². The number of rotatable bonds is 6. The maximum absolute atomic E-state index is 6.33. The molecule has 0 aromatic heterocycles. The molecule has 0 atom stereocenters. The van der Waals surface area contributed by atoms with Crippen molar-refractivity contribution in [3.63, 3.8) is 0 Å². The molecule has 0 radical (unpaired) electrons. The molecule has 0 saturated heterocycles. The third kappa shape index (κ3) is 5.10. The zero-order chi connectivity index (χ0) is 18.4. The quantitative estimate of drug-likeness (QED) is 0.424. The van der Waals surface area contributed by atoms with Crippen LogP contribution in [0.15, 0.2) is 71.7 Å². The molecule has 3 rings (SSSR count). The van der Waals surface area contributed by atoms with E-state index in [9.17, 15) is 0 Å².